The monoisotopic (exact) mass is 486 g/mol. The lowest BCUT2D eigenvalue weighted by atomic mass is 9.90. The maximum absolute atomic E-state index is 12.8. The van der Waals surface area contributed by atoms with Crippen LogP contribution in [0.25, 0.3) is 10.9 Å². The van der Waals surface area contributed by atoms with E-state index >= 15 is 0 Å². The maximum atomic E-state index is 12.8. The minimum absolute atomic E-state index is 0.165. The Hall–Kier alpha value is -2.80. The number of carbonyl (C=O) groups excluding carboxylic acids is 1. The molecule has 0 saturated carbocycles. The summed E-state index contributed by atoms with van der Waals surface area (Å²) in [6.07, 6.45) is 3.05. The highest BCUT2D eigenvalue weighted by Crippen LogP contribution is 2.35. The van der Waals surface area contributed by atoms with Crippen LogP contribution in [0.15, 0.2) is 77.8 Å². The first-order valence-corrected chi connectivity index (χ1v) is 12.5. The number of nitrogens with one attached hydrogen (secondary N) is 2. The van der Waals surface area contributed by atoms with E-state index in [1.807, 2.05) is 36.5 Å². The normalized spacial score (nSPS) is 12.6. The Labute approximate surface area is 196 Å². The minimum Gasteiger partial charge on any atom is -0.361 e. The van der Waals surface area contributed by atoms with Crippen molar-refractivity contribution in [2.45, 2.75) is 10.8 Å². The van der Waals surface area contributed by atoms with Gasteiger partial charge in [0.1, 0.15) is 0 Å². The van der Waals surface area contributed by atoms with E-state index < -0.39 is 9.84 Å². The molecule has 1 unspecified atom stereocenters. The number of amides is 1. The number of para-hydroxylation sites is 1. The zero-order valence-electron chi connectivity index (χ0n) is 17.1. The standard InChI is InChI=1S/C24H20Cl2N2O3S/c1-32(30,31)17-9-6-15(7-10-17)24(29)28-14-20(18-11-8-16(25)12-22(18)26)21-13-27-23-5-3-2-4-19(21)23/h2-13,20,27H,14H2,1H3,(H,28,29). The van der Waals surface area contributed by atoms with Crippen LogP contribution in [0.1, 0.15) is 27.4 Å². The van der Waals surface area contributed by atoms with Crippen molar-refractivity contribution < 1.29 is 13.2 Å². The second-order valence-electron chi connectivity index (χ2n) is 7.51. The molecule has 4 rings (SSSR count). The first kappa shape index (κ1) is 22.4. The van der Waals surface area contributed by atoms with Crippen molar-refractivity contribution >= 4 is 49.8 Å². The lowest BCUT2D eigenvalue weighted by Crippen LogP contribution is -2.29. The predicted molar refractivity (Wildman–Crippen MR) is 128 cm³/mol. The van der Waals surface area contributed by atoms with Gasteiger partial charge in [0, 0.05) is 51.4 Å². The van der Waals surface area contributed by atoms with Gasteiger partial charge in [0.15, 0.2) is 9.84 Å². The Morgan fingerprint density at radius 1 is 1.00 bits per heavy atom. The summed E-state index contributed by atoms with van der Waals surface area (Å²) in [6.45, 7) is 0.288. The van der Waals surface area contributed by atoms with Gasteiger partial charge < -0.3 is 10.3 Å². The highest BCUT2D eigenvalue weighted by molar-refractivity contribution is 7.90. The van der Waals surface area contributed by atoms with E-state index in [9.17, 15) is 13.2 Å². The van der Waals surface area contributed by atoms with Crippen molar-refractivity contribution in [1.29, 1.82) is 0 Å². The number of hydrogen-bond donors (Lipinski definition) is 2. The molecule has 4 aromatic rings. The van der Waals surface area contributed by atoms with Gasteiger partial charge in [-0.25, -0.2) is 8.42 Å². The Balaban J connectivity index is 1.64. The minimum atomic E-state index is -3.33. The van der Waals surface area contributed by atoms with Crippen molar-refractivity contribution in [3.8, 4) is 0 Å². The zero-order chi connectivity index (χ0) is 22.9. The molecule has 32 heavy (non-hydrogen) atoms. The summed E-state index contributed by atoms with van der Waals surface area (Å²) in [4.78, 5) is 16.2. The lowest BCUT2D eigenvalue weighted by Gasteiger charge is -2.20. The Bertz CT molecular complexity index is 1400. The van der Waals surface area contributed by atoms with Crippen LogP contribution < -0.4 is 5.32 Å². The summed E-state index contributed by atoms with van der Waals surface area (Å²) in [5.74, 6) is -0.532. The molecule has 5 nitrogen and oxygen atoms in total. The molecule has 0 radical (unpaired) electrons. The van der Waals surface area contributed by atoms with Crippen LogP contribution in [0.5, 0.6) is 0 Å². The average Bonchev–Trinajstić information content (AvgIpc) is 3.18. The van der Waals surface area contributed by atoms with Crippen LogP contribution in [0.2, 0.25) is 10.0 Å². The third-order valence-corrected chi connectivity index (χ3v) is 7.04. The van der Waals surface area contributed by atoms with Crippen molar-refractivity contribution in [1.82, 2.24) is 10.3 Å². The summed E-state index contributed by atoms with van der Waals surface area (Å²) in [5, 5.41) is 5.04. The molecule has 8 heteroatoms. The lowest BCUT2D eigenvalue weighted by molar-refractivity contribution is 0.0952. The van der Waals surface area contributed by atoms with Crippen LogP contribution in [0, 0.1) is 0 Å². The van der Waals surface area contributed by atoms with E-state index in [1.165, 1.54) is 24.3 Å². The molecule has 1 aromatic heterocycles. The van der Waals surface area contributed by atoms with Crippen molar-refractivity contribution in [2.24, 2.45) is 0 Å². The number of fused-ring (bicyclic) bond motifs is 1. The molecule has 0 saturated heterocycles. The van der Waals surface area contributed by atoms with Gasteiger partial charge in [0.05, 0.1) is 4.90 Å². The van der Waals surface area contributed by atoms with Crippen LogP contribution in [0.4, 0.5) is 0 Å². The molecule has 0 aliphatic rings. The molecule has 164 valence electrons. The Morgan fingerprint density at radius 3 is 2.41 bits per heavy atom. The molecular formula is C24H20Cl2N2O3S. The first-order valence-electron chi connectivity index (χ1n) is 9.83. The van der Waals surface area contributed by atoms with E-state index in [2.05, 4.69) is 10.3 Å². The molecule has 0 aliphatic heterocycles. The molecule has 0 bridgehead atoms. The summed E-state index contributed by atoms with van der Waals surface area (Å²) in [6, 6.07) is 19.1. The number of sulfone groups is 1. The second-order valence-corrected chi connectivity index (χ2v) is 10.4. The summed E-state index contributed by atoms with van der Waals surface area (Å²) >= 11 is 12.6. The molecule has 1 atom stereocenters. The van der Waals surface area contributed by atoms with Gasteiger partial charge in [-0.1, -0.05) is 47.5 Å². The van der Waals surface area contributed by atoms with Crippen LogP contribution >= 0.6 is 23.2 Å². The largest absolute Gasteiger partial charge is 0.361 e. The van der Waals surface area contributed by atoms with Crippen molar-refractivity contribution in [3.63, 3.8) is 0 Å². The molecule has 0 aliphatic carbocycles. The van der Waals surface area contributed by atoms with Gasteiger partial charge in [-0.3, -0.25) is 4.79 Å². The van der Waals surface area contributed by atoms with E-state index in [1.54, 1.807) is 12.1 Å². The maximum Gasteiger partial charge on any atom is 0.251 e. The molecule has 0 spiro atoms. The fraction of sp³-hybridized carbons (Fsp3) is 0.125. The number of halogens is 2. The van der Waals surface area contributed by atoms with Gasteiger partial charge in [-0.05, 0) is 53.6 Å². The summed E-state index contributed by atoms with van der Waals surface area (Å²) in [7, 11) is -3.33. The summed E-state index contributed by atoms with van der Waals surface area (Å²) in [5.41, 5.74) is 3.20. The van der Waals surface area contributed by atoms with Gasteiger partial charge in [0.2, 0.25) is 0 Å². The van der Waals surface area contributed by atoms with Crippen molar-refractivity contribution in [2.75, 3.05) is 12.8 Å². The first-order chi connectivity index (χ1) is 15.2. The predicted octanol–water partition coefficient (Wildman–Crippen LogP) is 5.44. The van der Waals surface area contributed by atoms with Gasteiger partial charge >= 0.3 is 0 Å². The van der Waals surface area contributed by atoms with Crippen molar-refractivity contribution in [3.05, 3.63) is 99.7 Å². The topological polar surface area (TPSA) is 79.0 Å². The SMILES string of the molecule is CS(=O)(=O)c1ccc(C(=O)NCC(c2ccc(Cl)cc2Cl)c2c[nH]c3ccccc23)cc1. The van der Waals surface area contributed by atoms with E-state index in [-0.39, 0.29) is 23.3 Å². The number of benzene rings is 3. The quantitative estimate of drug-likeness (QED) is 0.380. The Morgan fingerprint density at radius 2 is 1.72 bits per heavy atom. The third kappa shape index (κ3) is 4.67. The fourth-order valence-corrected chi connectivity index (χ4v) is 4.87. The number of carbonyl (C=O) groups is 1. The highest BCUT2D eigenvalue weighted by Gasteiger charge is 2.22. The Kier molecular flexibility index (Phi) is 6.29. The van der Waals surface area contributed by atoms with E-state index in [4.69, 9.17) is 23.2 Å². The van der Waals surface area contributed by atoms with Crippen LogP contribution in [-0.2, 0) is 9.84 Å². The van der Waals surface area contributed by atoms with Crippen LogP contribution in [0.3, 0.4) is 0 Å². The molecule has 1 amide bonds. The number of aromatic amines is 1. The molecule has 3 aromatic carbocycles. The third-order valence-electron chi connectivity index (χ3n) is 5.35. The molecule has 1 heterocycles. The molecular weight excluding hydrogens is 467 g/mol. The van der Waals surface area contributed by atoms with Crippen LogP contribution in [-0.4, -0.2) is 32.1 Å². The fourth-order valence-electron chi connectivity index (χ4n) is 3.70. The number of aromatic nitrogens is 1. The number of hydrogen-bond acceptors (Lipinski definition) is 3. The molecule has 0 fully saturated rings. The van der Waals surface area contributed by atoms with E-state index in [0.717, 1.165) is 28.3 Å². The van der Waals surface area contributed by atoms with Gasteiger partial charge in [0.25, 0.3) is 5.91 Å². The van der Waals surface area contributed by atoms with Gasteiger partial charge in [-0.2, -0.15) is 0 Å². The number of rotatable bonds is 6. The second kappa shape index (κ2) is 8.98. The number of H-pyrrole nitrogens is 1. The highest BCUT2D eigenvalue weighted by atomic mass is 35.5. The van der Waals surface area contributed by atoms with Gasteiger partial charge in [-0.15, -0.1) is 0 Å². The average molecular weight is 487 g/mol. The smallest absolute Gasteiger partial charge is 0.251 e. The molecule has 2 N–H and O–H groups in total. The van der Waals surface area contributed by atoms with E-state index in [0.29, 0.717) is 15.6 Å². The summed E-state index contributed by atoms with van der Waals surface area (Å²) < 4.78 is 23.3. The zero-order valence-corrected chi connectivity index (χ0v) is 19.4.